The van der Waals surface area contributed by atoms with Gasteiger partial charge in [0.25, 0.3) is 0 Å². The summed E-state index contributed by atoms with van der Waals surface area (Å²) in [6.45, 7) is 7.86. The van der Waals surface area contributed by atoms with E-state index in [9.17, 15) is 5.11 Å². The SMILES string of the molecule is C=CCC(O)CCc1ccc(C)c(C)c1. The molecule has 0 fully saturated rings. The number of benzene rings is 1. The average molecular weight is 204 g/mol. The fourth-order valence-corrected chi connectivity index (χ4v) is 1.60. The van der Waals surface area contributed by atoms with Crippen LogP contribution in [-0.2, 0) is 6.42 Å². The fraction of sp³-hybridized carbons (Fsp3) is 0.429. The summed E-state index contributed by atoms with van der Waals surface area (Å²) in [6, 6.07) is 6.49. The Kier molecular flexibility index (Phi) is 4.57. The lowest BCUT2D eigenvalue weighted by atomic mass is 10.0. The molecular formula is C14H20O. The maximum absolute atomic E-state index is 9.56. The first-order valence-electron chi connectivity index (χ1n) is 5.48. The Bertz CT molecular complexity index is 328. The molecule has 1 rings (SSSR count). The molecule has 1 aromatic carbocycles. The van der Waals surface area contributed by atoms with Gasteiger partial charge in [-0.25, -0.2) is 0 Å². The van der Waals surface area contributed by atoms with Crippen LogP contribution < -0.4 is 0 Å². The molecule has 0 aliphatic carbocycles. The van der Waals surface area contributed by atoms with Gasteiger partial charge in [-0.3, -0.25) is 0 Å². The van der Waals surface area contributed by atoms with Crippen LogP contribution in [0.25, 0.3) is 0 Å². The van der Waals surface area contributed by atoms with Crippen LogP contribution in [0.15, 0.2) is 30.9 Å². The molecule has 0 spiro atoms. The van der Waals surface area contributed by atoms with E-state index in [4.69, 9.17) is 0 Å². The molecule has 0 aromatic heterocycles. The van der Waals surface area contributed by atoms with Crippen molar-refractivity contribution in [1.82, 2.24) is 0 Å². The van der Waals surface area contributed by atoms with Crippen LogP contribution in [0.4, 0.5) is 0 Å². The molecule has 0 saturated heterocycles. The first-order chi connectivity index (χ1) is 7.13. The lowest BCUT2D eigenvalue weighted by Crippen LogP contribution is -2.06. The molecule has 1 unspecified atom stereocenters. The van der Waals surface area contributed by atoms with Crippen molar-refractivity contribution in [1.29, 1.82) is 0 Å². The highest BCUT2D eigenvalue weighted by Crippen LogP contribution is 2.13. The van der Waals surface area contributed by atoms with E-state index >= 15 is 0 Å². The molecule has 0 aliphatic heterocycles. The van der Waals surface area contributed by atoms with E-state index in [-0.39, 0.29) is 6.10 Å². The van der Waals surface area contributed by atoms with Gasteiger partial charge < -0.3 is 5.11 Å². The van der Waals surface area contributed by atoms with E-state index in [2.05, 4.69) is 38.6 Å². The number of rotatable bonds is 5. The Hall–Kier alpha value is -1.08. The van der Waals surface area contributed by atoms with Gasteiger partial charge in [-0.15, -0.1) is 6.58 Å². The van der Waals surface area contributed by atoms with Crippen LogP contribution in [0.2, 0.25) is 0 Å². The highest BCUT2D eigenvalue weighted by atomic mass is 16.3. The zero-order valence-corrected chi connectivity index (χ0v) is 9.66. The van der Waals surface area contributed by atoms with Gasteiger partial charge in [-0.1, -0.05) is 24.3 Å². The summed E-state index contributed by atoms with van der Waals surface area (Å²) in [5.41, 5.74) is 3.96. The highest BCUT2D eigenvalue weighted by Gasteiger charge is 2.02. The second kappa shape index (κ2) is 5.72. The van der Waals surface area contributed by atoms with E-state index < -0.39 is 0 Å². The van der Waals surface area contributed by atoms with Crippen molar-refractivity contribution >= 4 is 0 Å². The molecule has 0 amide bonds. The van der Waals surface area contributed by atoms with Crippen molar-refractivity contribution < 1.29 is 5.11 Å². The third-order valence-corrected chi connectivity index (χ3v) is 2.78. The second-order valence-corrected chi connectivity index (χ2v) is 4.14. The van der Waals surface area contributed by atoms with Gasteiger partial charge in [0.2, 0.25) is 0 Å². The molecule has 0 saturated carbocycles. The van der Waals surface area contributed by atoms with Gasteiger partial charge >= 0.3 is 0 Å². The minimum atomic E-state index is -0.246. The van der Waals surface area contributed by atoms with E-state index in [1.165, 1.54) is 16.7 Å². The van der Waals surface area contributed by atoms with E-state index in [1.807, 2.05) is 0 Å². The Labute approximate surface area is 92.5 Å². The Balaban J connectivity index is 2.50. The predicted octanol–water partition coefficient (Wildman–Crippen LogP) is 3.17. The summed E-state index contributed by atoms with van der Waals surface area (Å²) < 4.78 is 0. The summed E-state index contributed by atoms with van der Waals surface area (Å²) >= 11 is 0. The topological polar surface area (TPSA) is 20.2 Å². The van der Waals surface area contributed by atoms with E-state index in [0.717, 1.165) is 12.8 Å². The van der Waals surface area contributed by atoms with Gasteiger partial charge in [0.15, 0.2) is 0 Å². The minimum Gasteiger partial charge on any atom is -0.393 e. The normalized spacial score (nSPS) is 12.5. The summed E-state index contributed by atoms with van der Waals surface area (Å²) in [5.74, 6) is 0. The number of hydrogen-bond donors (Lipinski definition) is 1. The van der Waals surface area contributed by atoms with E-state index in [0.29, 0.717) is 6.42 Å². The summed E-state index contributed by atoms with van der Waals surface area (Å²) in [5, 5.41) is 9.56. The highest BCUT2D eigenvalue weighted by molar-refractivity contribution is 5.29. The van der Waals surface area contributed by atoms with Crippen molar-refractivity contribution in [3.8, 4) is 0 Å². The second-order valence-electron chi connectivity index (χ2n) is 4.14. The smallest absolute Gasteiger partial charge is 0.0577 e. The van der Waals surface area contributed by atoms with Gasteiger partial charge in [-0.2, -0.15) is 0 Å². The molecule has 1 N–H and O–H groups in total. The number of aliphatic hydroxyl groups is 1. The first-order valence-corrected chi connectivity index (χ1v) is 5.48. The van der Waals surface area contributed by atoms with Crippen LogP contribution in [0.3, 0.4) is 0 Å². The van der Waals surface area contributed by atoms with Crippen LogP contribution in [-0.4, -0.2) is 11.2 Å². The first kappa shape index (κ1) is 12.0. The van der Waals surface area contributed by atoms with Crippen molar-refractivity contribution in [3.05, 3.63) is 47.5 Å². The molecule has 0 aliphatic rings. The Morgan fingerprint density at radius 3 is 2.67 bits per heavy atom. The molecular weight excluding hydrogens is 184 g/mol. The zero-order chi connectivity index (χ0) is 11.3. The lowest BCUT2D eigenvalue weighted by molar-refractivity contribution is 0.168. The number of aliphatic hydroxyl groups excluding tert-OH is 1. The quantitative estimate of drug-likeness (QED) is 0.730. The van der Waals surface area contributed by atoms with Crippen LogP contribution in [0.1, 0.15) is 29.5 Å². The Morgan fingerprint density at radius 2 is 2.07 bits per heavy atom. The van der Waals surface area contributed by atoms with Crippen molar-refractivity contribution in [3.63, 3.8) is 0 Å². The number of hydrogen-bond acceptors (Lipinski definition) is 1. The summed E-state index contributed by atoms with van der Waals surface area (Å²) in [4.78, 5) is 0. The third kappa shape index (κ3) is 3.88. The molecule has 15 heavy (non-hydrogen) atoms. The summed E-state index contributed by atoms with van der Waals surface area (Å²) in [6.07, 6.45) is 3.96. The molecule has 0 heterocycles. The molecule has 1 heteroatoms. The molecule has 0 radical (unpaired) electrons. The lowest BCUT2D eigenvalue weighted by Gasteiger charge is -2.09. The third-order valence-electron chi connectivity index (χ3n) is 2.78. The zero-order valence-electron chi connectivity index (χ0n) is 9.66. The standard InChI is InChI=1S/C14H20O/c1-4-5-14(15)9-8-13-7-6-11(2)12(3)10-13/h4,6-7,10,14-15H,1,5,8-9H2,2-3H3. The van der Waals surface area contributed by atoms with Crippen molar-refractivity contribution in [2.45, 2.75) is 39.2 Å². The van der Waals surface area contributed by atoms with Crippen molar-refractivity contribution in [2.24, 2.45) is 0 Å². The van der Waals surface area contributed by atoms with Crippen molar-refractivity contribution in [2.75, 3.05) is 0 Å². The van der Waals surface area contributed by atoms with Crippen LogP contribution in [0, 0.1) is 13.8 Å². The van der Waals surface area contributed by atoms with Gasteiger partial charge in [0.1, 0.15) is 0 Å². The van der Waals surface area contributed by atoms with Crippen LogP contribution >= 0.6 is 0 Å². The monoisotopic (exact) mass is 204 g/mol. The predicted molar refractivity (Wildman–Crippen MR) is 65.1 cm³/mol. The largest absolute Gasteiger partial charge is 0.393 e. The van der Waals surface area contributed by atoms with E-state index in [1.54, 1.807) is 6.08 Å². The Morgan fingerprint density at radius 1 is 1.33 bits per heavy atom. The maximum atomic E-state index is 9.56. The molecule has 0 bridgehead atoms. The molecule has 1 aromatic rings. The molecule has 1 atom stereocenters. The minimum absolute atomic E-state index is 0.246. The maximum Gasteiger partial charge on any atom is 0.0577 e. The average Bonchev–Trinajstić information content (AvgIpc) is 2.20. The van der Waals surface area contributed by atoms with Crippen LogP contribution in [0.5, 0.6) is 0 Å². The summed E-state index contributed by atoms with van der Waals surface area (Å²) in [7, 11) is 0. The van der Waals surface area contributed by atoms with Gasteiger partial charge in [-0.05, 0) is 49.8 Å². The molecule has 82 valence electrons. The number of aryl methyl sites for hydroxylation is 3. The molecule has 1 nitrogen and oxygen atoms in total. The van der Waals surface area contributed by atoms with Gasteiger partial charge in [0.05, 0.1) is 6.10 Å². The van der Waals surface area contributed by atoms with Gasteiger partial charge in [0, 0.05) is 0 Å². The fourth-order valence-electron chi connectivity index (χ4n) is 1.60.